The van der Waals surface area contributed by atoms with Crippen LogP contribution in [0.25, 0.3) is 17.2 Å². The predicted octanol–water partition coefficient (Wildman–Crippen LogP) is 2.09. The van der Waals surface area contributed by atoms with Crippen LogP contribution in [0, 0.1) is 0 Å². The van der Waals surface area contributed by atoms with E-state index < -0.39 is 0 Å². The zero-order valence-electron chi connectivity index (χ0n) is 13.2. The summed E-state index contributed by atoms with van der Waals surface area (Å²) >= 11 is 0. The van der Waals surface area contributed by atoms with Crippen LogP contribution >= 0.6 is 0 Å². The van der Waals surface area contributed by atoms with Crippen LogP contribution < -0.4 is 11.1 Å². The molecule has 0 bridgehead atoms. The summed E-state index contributed by atoms with van der Waals surface area (Å²) in [5.74, 6) is 1.57. The van der Waals surface area contributed by atoms with Gasteiger partial charge in [-0.3, -0.25) is 0 Å². The number of nitrogens with zero attached hydrogens (tertiary/aromatic N) is 5. The van der Waals surface area contributed by atoms with Crippen LogP contribution in [0.4, 0.5) is 11.9 Å². The molecule has 4 rings (SSSR count). The van der Waals surface area contributed by atoms with E-state index in [4.69, 9.17) is 5.73 Å². The van der Waals surface area contributed by atoms with Crippen LogP contribution in [0.15, 0.2) is 54.6 Å². The highest BCUT2D eigenvalue weighted by molar-refractivity contribution is 5.59. The smallest absolute Gasteiger partial charge is 0.259 e. The Kier molecular flexibility index (Phi) is 3.62. The molecule has 25 heavy (non-hydrogen) atoms. The summed E-state index contributed by atoms with van der Waals surface area (Å²) in [6.45, 7) is 0.579. The number of phenols is 1. The summed E-state index contributed by atoms with van der Waals surface area (Å²) in [4.78, 5) is 13.0. The van der Waals surface area contributed by atoms with E-state index in [0.717, 1.165) is 11.1 Å². The maximum Gasteiger partial charge on any atom is 0.259 e. The fourth-order valence-corrected chi connectivity index (χ4v) is 2.39. The van der Waals surface area contributed by atoms with Crippen molar-refractivity contribution in [1.82, 2.24) is 24.6 Å². The number of rotatable bonds is 4. The first kappa shape index (κ1) is 14.9. The number of nitrogens with one attached hydrogen (secondary N) is 1. The second-order valence-electron chi connectivity index (χ2n) is 5.44. The number of nitrogen functional groups attached to an aromatic ring is 1. The lowest BCUT2D eigenvalue weighted by Crippen LogP contribution is -2.09. The Hall–Kier alpha value is -3.68. The van der Waals surface area contributed by atoms with Crippen molar-refractivity contribution < 1.29 is 5.11 Å². The van der Waals surface area contributed by atoms with Crippen LogP contribution in [-0.4, -0.2) is 29.7 Å². The molecule has 2 aromatic carbocycles. The number of nitrogens with two attached hydrogens (primary N) is 1. The van der Waals surface area contributed by atoms with Crippen molar-refractivity contribution >= 4 is 17.7 Å². The summed E-state index contributed by atoms with van der Waals surface area (Å²) in [6.07, 6.45) is 0. The second-order valence-corrected chi connectivity index (χ2v) is 5.44. The van der Waals surface area contributed by atoms with E-state index in [1.807, 2.05) is 30.3 Å². The Labute approximate surface area is 143 Å². The van der Waals surface area contributed by atoms with E-state index in [1.54, 1.807) is 24.3 Å². The van der Waals surface area contributed by atoms with E-state index in [-0.39, 0.29) is 11.7 Å². The van der Waals surface area contributed by atoms with Crippen molar-refractivity contribution in [3.05, 3.63) is 60.2 Å². The zero-order chi connectivity index (χ0) is 17.2. The lowest BCUT2D eigenvalue weighted by Gasteiger charge is -2.05. The molecule has 0 atom stereocenters. The molecule has 0 aliphatic carbocycles. The summed E-state index contributed by atoms with van der Waals surface area (Å²) in [5, 5.41) is 16.8. The molecule has 0 saturated carbocycles. The molecule has 0 spiro atoms. The molecule has 4 N–H and O–H groups in total. The minimum Gasteiger partial charge on any atom is -0.508 e. The normalized spacial score (nSPS) is 10.9. The Balaban J connectivity index is 1.63. The Morgan fingerprint density at radius 1 is 0.960 bits per heavy atom. The van der Waals surface area contributed by atoms with Gasteiger partial charge in [-0.15, -0.1) is 5.10 Å². The van der Waals surface area contributed by atoms with Gasteiger partial charge in [-0.1, -0.05) is 30.3 Å². The number of benzene rings is 2. The van der Waals surface area contributed by atoms with E-state index in [2.05, 4.69) is 25.4 Å². The SMILES string of the molecule is Nc1nc(NCc2ccccc2)nc2nc(-c3ccc(O)cc3)nn12. The molecule has 0 aliphatic rings. The summed E-state index contributed by atoms with van der Waals surface area (Å²) in [6, 6.07) is 16.5. The Morgan fingerprint density at radius 2 is 1.72 bits per heavy atom. The molecule has 0 radical (unpaired) electrons. The van der Waals surface area contributed by atoms with Gasteiger partial charge in [0.25, 0.3) is 5.78 Å². The van der Waals surface area contributed by atoms with Gasteiger partial charge < -0.3 is 16.2 Å². The average molecular weight is 333 g/mol. The van der Waals surface area contributed by atoms with Crippen molar-refractivity contribution in [2.24, 2.45) is 0 Å². The van der Waals surface area contributed by atoms with Gasteiger partial charge in [-0.2, -0.15) is 19.5 Å². The molecule has 0 amide bonds. The van der Waals surface area contributed by atoms with Crippen molar-refractivity contribution in [2.45, 2.75) is 6.54 Å². The Bertz CT molecular complexity index is 1010. The first-order valence-corrected chi connectivity index (χ1v) is 7.66. The molecule has 0 unspecified atom stereocenters. The maximum absolute atomic E-state index is 9.38. The number of aromatic nitrogens is 5. The van der Waals surface area contributed by atoms with Gasteiger partial charge in [0.05, 0.1) is 0 Å². The number of hydrogen-bond acceptors (Lipinski definition) is 7. The number of aromatic hydroxyl groups is 1. The molecule has 4 aromatic rings. The average Bonchev–Trinajstić information content (AvgIpc) is 3.06. The third kappa shape index (κ3) is 3.05. The van der Waals surface area contributed by atoms with Crippen molar-refractivity contribution in [3.8, 4) is 17.1 Å². The van der Waals surface area contributed by atoms with Gasteiger partial charge in [0.1, 0.15) is 5.75 Å². The van der Waals surface area contributed by atoms with Crippen LogP contribution in [0.3, 0.4) is 0 Å². The summed E-state index contributed by atoms with van der Waals surface area (Å²) in [7, 11) is 0. The summed E-state index contributed by atoms with van der Waals surface area (Å²) < 4.78 is 1.38. The standard InChI is InChI=1S/C17H15N7O/c18-15-21-16(19-10-11-4-2-1-3-5-11)22-17-20-14(23-24(15)17)12-6-8-13(25)9-7-12/h1-9,25H,10H2,(H3,18,19,20,21,22,23). The van der Waals surface area contributed by atoms with E-state index in [9.17, 15) is 5.11 Å². The van der Waals surface area contributed by atoms with Crippen LogP contribution in [0.1, 0.15) is 5.56 Å². The second kappa shape index (κ2) is 6.08. The van der Waals surface area contributed by atoms with Crippen molar-refractivity contribution in [1.29, 1.82) is 0 Å². The third-order valence-electron chi connectivity index (χ3n) is 3.65. The molecule has 2 heterocycles. The van der Waals surface area contributed by atoms with E-state index in [0.29, 0.717) is 24.1 Å². The quantitative estimate of drug-likeness (QED) is 0.524. The molecular formula is C17H15N7O. The number of phenolic OH excluding ortho intramolecular Hbond substituents is 1. The van der Waals surface area contributed by atoms with Crippen LogP contribution in [-0.2, 0) is 6.54 Å². The van der Waals surface area contributed by atoms with E-state index >= 15 is 0 Å². The van der Waals surface area contributed by atoms with Crippen LogP contribution in [0.2, 0.25) is 0 Å². The van der Waals surface area contributed by atoms with Crippen molar-refractivity contribution in [3.63, 3.8) is 0 Å². The number of fused-ring (bicyclic) bond motifs is 1. The molecule has 8 heteroatoms. The molecule has 0 fully saturated rings. The zero-order valence-corrected chi connectivity index (χ0v) is 13.2. The monoisotopic (exact) mass is 333 g/mol. The van der Waals surface area contributed by atoms with Crippen LogP contribution in [0.5, 0.6) is 5.75 Å². The van der Waals surface area contributed by atoms with Gasteiger partial charge in [-0.25, -0.2) is 0 Å². The van der Waals surface area contributed by atoms with Gasteiger partial charge in [0.2, 0.25) is 11.9 Å². The lowest BCUT2D eigenvalue weighted by atomic mass is 10.2. The third-order valence-corrected chi connectivity index (χ3v) is 3.65. The fraction of sp³-hybridized carbons (Fsp3) is 0.0588. The molecule has 124 valence electrons. The molecule has 0 aliphatic heterocycles. The van der Waals surface area contributed by atoms with E-state index in [1.165, 1.54) is 4.52 Å². The first-order chi connectivity index (χ1) is 12.2. The number of hydrogen-bond donors (Lipinski definition) is 3. The minimum absolute atomic E-state index is 0.180. The predicted molar refractivity (Wildman–Crippen MR) is 93.9 cm³/mol. The molecule has 0 saturated heterocycles. The minimum atomic E-state index is 0.180. The summed E-state index contributed by atoms with van der Waals surface area (Å²) in [5.41, 5.74) is 7.83. The van der Waals surface area contributed by atoms with Crippen molar-refractivity contribution in [2.75, 3.05) is 11.1 Å². The highest BCUT2D eigenvalue weighted by atomic mass is 16.3. The molecule has 2 aromatic heterocycles. The highest BCUT2D eigenvalue weighted by Crippen LogP contribution is 2.20. The first-order valence-electron chi connectivity index (χ1n) is 7.66. The topological polar surface area (TPSA) is 114 Å². The van der Waals surface area contributed by atoms with Gasteiger partial charge in [0.15, 0.2) is 5.82 Å². The van der Waals surface area contributed by atoms with Gasteiger partial charge in [-0.05, 0) is 29.8 Å². The van der Waals surface area contributed by atoms with Gasteiger partial charge in [0, 0.05) is 12.1 Å². The largest absolute Gasteiger partial charge is 0.508 e. The highest BCUT2D eigenvalue weighted by Gasteiger charge is 2.12. The van der Waals surface area contributed by atoms with Gasteiger partial charge >= 0.3 is 0 Å². The maximum atomic E-state index is 9.38. The Morgan fingerprint density at radius 3 is 2.48 bits per heavy atom. The molecular weight excluding hydrogens is 318 g/mol. The fourth-order valence-electron chi connectivity index (χ4n) is 2.39. The number of anilines is 2. The molecule has 8 nitrogen and oxygen atoms in total. The lowest BCUT2D eigenvalue weighted by molar-refractivity contribution is 0.475.